The number of thioether (sulfide) groups is 1. The summed E-state index contributed by atoms with van der Waals surface area (Å²) >= 11 is 1.82. The molecule has 0 aromatic carbocycles. The van der Waals surface area contributed by atoms with Crippen LogP contribution < -0.4 is 11.1 Å². The molecule has 1 heterocycles. The first-order valence-electron chi connectivity index (χ1n) is 5.85. The van der Waals surface area contributed by atoms with Crippen molar-refractivity contribution in [2.24, 2.45) is 0 Å². The number of hydrogen-bond donors (Lipinski definition) is 2. The Morgan fingerprint density at radius 1 is 1.61 bits per heavy atom. The topological polar surface area (TPSA) is 68.0 Å². The van der Waals surface area contributed by atoms with Gasteiger partial charge in [0, 0.05) is 11.3 Å². The summed E-state index contributed by atoms with van der Waals surface area (Å²) in [5.74, 6) is -0.831. The zero-order chi connectivity index (χ0) is 13.1. The van der Waals surface area contributed by atoms with E-state index < -0.39 is 5.82 Å². The molecule has 2 rings (SSSR count). The minimum atomic E-state index is -0.553. The Bertz CT molecular complexity index is 455. The van der Waals surface area contributed by atoms with E-state index in [0.29, 0.717) is 5.25 Å². The number of carbonyl (C=O) groups excluding carboxylic acids is 1. The lowest BCUT2D eigenvalue weighted by Crippen LogP contribution is -2.33. The van der Waals surface area contributed by atoms with Gasteiger partial charge in [0.25, 0.3) is 5.91 Å². The van der Waals surface area contributed by atoms with E-state index in [9.17, 15) is 9.18 Å². The van der Waals surface area contributed by atoms with E-state index in [4.69, 9.17) is 5.73 Å². The molecule has 0 spiro atoms. The van der Waals surface area contributed by atoms with Crippen LogP contribution in [0.15, 0.2) is 12.3 Å². The van der Waals surface area contributed by atoms with Crippen molar-refractivity contribution in [3.63, 3.8) is 0 Å². The molecular weight excluding hydrogens is 253 g/mol. The zero-order valence-corrected chi connectivity index (χ0v) is 11.0. The van der Waals surface area contributed by atoms with Crippen LogP contribution in [0.5, 0.6) is 0 Å². The maximum Gasteiger partial charge on any atom is 0.255 e. The van der Waals surface area contributed by atoms with Crippen molar-refractivity contribution in [1.29, 1.82) is 0 Å². The average molecular weight is 269 g/mol. The monoisotopic (exact) mass is 269 g/mol. The van der Waals surface area contributed by atoms with Gasteiger partial charge in [-0.2, -0.15) is 11.8 Å². The van der Waals surface area contributed by atoms with E-state index in [1.165, 1.54) is 0 Å². The lowest BCUT2D eigenvalue weighted by atomic mass is 10.2. The second-order valence-corrected chi connectivity index (χ2v) is 5.57. The molecule has 6 heteroatoms. The van der Waals surface area contributed by atoms with Crippen LogP contribution in [0.2, 0.25) is 0 Å². The Morgan fingerprint density at radius 2 is 2.39 bits per heavy atom. The highest BCUT2D eigenvalue weighted by Crippen LogP contribution is 2.28. The molecule has 1 saturated carbocycles. The second kappa shape index (κ2) is 5.56. The number of nitrogen functional groups attached to an aromatic ring is 1. The van der Waals surface area contributed by atoms with Crippen molar-refractivity contribution in [3.8, 4) is 0 Å². The first-order chi connectivity index (χ1) is 8.60. The van der Waals surface area contributed by atoms with Crippen LogP contribution in [-0.4, -0.2) is 28.4 Å². The normalized spacial score (nSPS) is 23.0. The summed E-state index contributed by atoms with van der Waals surface area (Å²) < 4.78 is 13.0. The molecular formula is C12H16FN3OS. The summed E-state index contributed by atoms with van der Waals surface area (Å²) in [6.07, 6.45) is 6.09. The summed E-state index contributed by atoms with van der Waals surface area (Å²) in [4.78, 5) is 15.6. The predicted molar refractivity (Wildman–Crippen MR) is 71.0 cm³/mol. The van der Waals surface area contributed by atoms with Crippen molar-refractivity contribution in [3.05, 3.63) is 23.6 Å². The van der Waals surface area contributed by atoms with Crippen LogP contribution in [0.3, 0.4) is 0 Å². The molecule has 2 unspecified atom stereocenters. The fraction of sp³-hybridized carbons (Fsp3) is 0.500. The van der Waals surface area contributed by atoms with E-state index in [2.05, 4.69) is 16.6 Å². The Balaban J connectivity index is 2.02. The summed E-state index contributed by atoms with van der Waals surface area (Å²) in [7, 11) is 0. The maximum atomic E-state index is 13.0. The number of nitrogens with zero attached hydrogens (tertiary/aromatic N) is 1. The van der Waals surface area contributed by atoms with Gasteiger partial charge in [-0.15, -0.1) is 0 Å². The van der Waals surface area contributed by atoms with Gasteiger partial charge in [-0.3, -0.25) is 4.79 Å². The van der Waals surface area contributed by atoms with Gasteiger partial charge < -0.3 is 11.1 Å². The number of aromatic nitrogens is 1. The van der Waals surface area contributed by atoms with Crippen LogP contribution in [0.4, 0.5) is 10.2 Å². The summed E-state index contributed by atoms with van der Waals surface area (Å²) in [6, 6.07) is 1.27. The van der Waals surface area contributed by atoms with Crippen molar-refractivity contribution in [1.82, 2.24) is 10.3 Å². The number of rotatable bonds is 3. The number of hydrogen-bond acceptors (Lipinski definition) is 4. The molecule has 2 atom stereocenters. The smallest absolute Gasteiger partial charge is 0.255 e. The first-order valence-corrected chi connectivity index (χ1v) is 7.13. The third kappa shape index (κ3) is 2.93. The largest absolute Gasteiger partial charge is 0.383 e. The molecule has 0 aliphatic heterocycles. The Morgan fingerprint density at radius 3 is 3.06 bits per heavy atom. The van der Waals surface area contributed by atoms with Gasteiger partial charge >= 0.3 is 0 Å². The number of halogens is 1. The Hall–Kier alpha value is -1.30. The maximum absolute atomic E-state index is 13.0. The molecule has 98 valence electrons. The minimum absolute atomic E-state index is 0.0633. The van der Waals surface area contributed by atoms with Gasteiger partial charge in [-0.25, -0.2) is 9.37 Å². The molecule has 0 radical (unpaired) electrons. The van der Waals surface area contributed by atoms with Crippen molar-refractivity contribution < 1.29 is 9.18 Å². The summed E-state index contributed by atoms with van der Waals surface area (Å²) in [5, 5.41) is 3.48. The quantitative estimate of drug-likeness (QED) is 0.878. The van der Waals surface area contributed by atoms with E-state index >= 15 is 0 Å². The van der Waals surface area contributed by atoms with Gasteiger partial charge in [-0.05, 0) is 31.6 Å². The molecule has 1 aromatic heterocycles. The van der Waals surface area contributed by atoms with Gasteiger partial charge in [-0.1, -0.05) is 0 Å². The minimum Gasteiger partial charge on any atom is -0.383 e. The SMILES string of the molecule is CSC1CCC(NC(=O)c2cc(F)cnc2N)C1. The van der Waals surface area contributed by atoms with Gasteiger partial charge in [0.15, 0.2) is 0 Å². The first kappa shape index (κ1) is 13.1. The fourth-order valence-electron chi connectivity index (χ4n) is 2.18. The Labute approximate surface area is 110 Å². The summed E-state index contributed by atoms with van der Waals surface area (Å²) in [6.45, 7) is 0. The van der Waals surface area contributed by atoms with Crippen LogP contribution in [-0.2, 0) is 0 Å². The molecule has 1 aliphatic carbocycles. The molecule has 1 fully saturated rings. The molecule has 1 aromatic rings. The predicted octanol–water partition coefficient (Wildman–Crippen LogP) is 1.82. The van der Waals surface area contributed by atoms with Crippen LogP contribution in [0.1, 0.15) is 29.6 Å². The van der Waals surface area contributed by atoms with Crippen molar-refractivity contribution in [2.45, 2.75) is 30.6 Å². The number of anilines is 1. The lowest BCUT2D eigenvalue weighted by Gasteiger charge is -2.13. The summed E-state index contributed by atoms with van der Waals surface area (Å²) in [5.41, 5.74) is 5.69. The van der Waals surface area contributed by atoms with Gasteiger partial charge in [0.05, 0.1) is 11.8 Å². The third-order valence-electron chi connectivity index (χ3n) is 3.18. The molecule has 0 saturated heterocycles. The number of nitrogens with one attached hydrogen (secondary N) is 1. The van der Waals surface area contributed by atoms with Crippen LogP contribution >= 0.6 is 11.8 Å². The van der Waals surface area contributed by atoms with Gasteiger partial charge in [0.1, 0.15) is 11.6 Å². The molecule has 4 nitrogen and oxygen atoms in total. The van der Waals surface area contributed by atoms with E-state index in [0.717, 1.165) is 31.5 Å². The van der Waals surface area contributed by atoms with Crippen molar-refractivity contribution >= 4 is 23.5 Å². The lowest BCUT2D eigenvalue weighted by molar-refractivity contribution is 0.0938. The third-order valence-corrected chi connectivity index (χ3v) is 4.28. The van der Waals surface area contributed by atoms with E-state index in [-0.39, 0.29) is 23.3 Å². The molecule has 18 heavy (non-hydrogen) atoms. The standard InChI is InChI=1S/C12H16FN3OS/c1-18-9-3-2-8(5-9)16-12(17)10-4-7(13)6-15-11(10)14/h4,6,8-9H,2-3,5H2,1H3,(H2,14,15)(H,16,17). The van der Waals surface area contributed by atoms with Gasteiger partial charge in [0.2, 0.25) is 0 Å². The highest BCUT2D eigenvalue weighted by molar-refractivity contribution is 7.99. The molecule has 0 bridgehead atoms. The van der Waals surface area contributed by atoms with Crippen LogP contribution in [0.25, 0.3) is 0 Å². The Kier molecular flexibility index (Phi) is 4.06. The highest BCUT2D eigenvalue weighted by atomic mass is 32.2. The zero-order valence-electron chi connectivity index (χ0n) is 10.1. The fourth-order valence-corrected chi connectivity index (χ4v) is 2.98. The van der Waals surface area contributed by atoms with Crippen LogP contribution in [0, 0.1) is 5.82 Å². The van der Waals surface area contributed by atoms with E-state index in [1.54, 1.807) is 0 Å². The number of amides is 1. The number of carbonyl (C=O) groups is 1. The number of nitrogens with two attached hydrogens (primary N) is 1. The van der Waals surface area contributed by atoms with E-state index in [1.807, 2.05) is 11.8 Å². The highest BCUT2D eigenvalue weighted by Gasteiger charge is 2.26. The molecule has 1 aliphatic rings. The van der Waals surface area contributed by atoms with Crippen molar-refractivity contribution in [2.75, 3.05) is 12.0 Å². The number of pyridine rings is 1. The molecule has 1 amide bonds. The molecule has 3 N–H and O–H groups in total. The average Bonchev–Trinajstić information content (AvgIpc) is 2.80. The second-order valence-electron chi connectivity index (χ2n) is 4.43.